The predicted molar refractivity (Wildman–Crippen MR) is 78.6 cm³/mol. The van der Waals surface area contributed by atoms with E-state index in [0.717, 1.165) is 23.9 Å². The molecule has 1 unspecified atom stereocenters. The van der Waals surface area contributed by atoms with Gasteiger partial charge in [-0.1, -0.05) is 22.4 Å². The van der Waals surface area contributed by atoms with E-state index >= 15 is 0 Å². The monoisotopic (exact) mass is 329 g/mol. The second-order valence-corrected chi connectivity index (χ2v) is 5.99. The fourth-order valence-electron chi connectivity index (χ4n) is 2.44. The molecule has 0 bridgehead atoms. The number of hydrogen-bond donors (Lipinski definition) is 1. The zero-order valence-corrected chi connectivity index (χ0v) is 12.7. The van der Waals surface area contributed by atoms with Crippen LogP contribution in [0.5, 0.6) is 0 Å². The van der Waals surface area contributed by atoms with Gasteiger partial charge in [0, 0.05) is 22.7 Å². The van der Waals surface area contributed by atoms with Gasteiger partial charge >= 0.3 is 0 Å². The minimum absolute atomic E-state index is 0.197. The molecule has 19 heavy (non-hydrogen) atoms. The maximum atomic E-state index is 13.5. The standard InChI is InChI=1S/C15H21BrFNO/c16-13-6-7-15(17)12(10-13)11-19-9-3-5-14-4-1-2-8-18-14/h6-7,10,14,18H,1-5,8-9,11H2. The number of rotatable bonds is 6. The van der Waals surface area contributed by atoms with Crippen molar-refractivity contribution in [2.45, 2.75) is 44.8 Å². The second kappa shape index (κ2) is 7.98. The molecule has 1 aliphatic rings. The number of hydrogen-bond acceptors (Lipinski definition) is 2. The first kappa shape index (κ1) is 14.9. The zero-order valence-electron chi connectivity index (χ0n) is 11.1. The van der Waals surface area contributed by atoms with E-state index in [0.29, 0.717) is 24.8 Å². The molecule has 1 saturated heterocycles. The Kier molecular flexibility index (Phi) is 6.28. The first-order chi connectivity index (χ1) is 9.25. The Morgan fingerprint density at radius 1 is 1.37 bits per heavy atom. The highest BCUT2D eigenvalue weighted by Gasteiger charge is 2.11. The minimum Gasteiger partial charge on any atom is -0.377 e. The molecular weight excluding hydrogens is 309 g/mol. The first-order valence-corrected chi connectivity index (χ1v) is 7.80. The topological polar surface area (TPSA) is 21.3 Å². The summed E-state index contributed by atoms with van der Waals surface area (Å²) in [6, 6.07) is 5.60. The first-order valence-electron chi connectivity index (χ1n) is 7.01. The van der Waals surface area contributed by atoms with Crippen molar-refractivity contribution in [2.24, 2.45) is 0 Å². The largest absolute Gasteiger partial charge is 0.377 e. The third-order valence-corrected chi connectivity index (χ3v) is 4.01. The summed E-state index contributed by atoms with van der Waals surface area (Å²) in [6.45, 7) is 2.20. The van der Waals surface area contributed by atoms with Crippen molar-refractivity contribution in [1.29, 1.82) is 0 Å². The van der Waals surface area contributed by atoms with Gasteiger partial charge in [-0.2, -0.15) is 0 Å². The highest BCUT2D eigenvalue weighted by Crippen LogP contribution is 2.17. The van der Waals surface area contributed by atoms with Crippen LogP contribution < -0.4 is 5.32 Å². The van der Waals surface area contributed by atoms with Crippen LogP contribution in [-0.4, -0.2) is 19.2 Å². The molecule has 1 aromatic rings. The Balaban J connectivity index is 1.62. The number of halogens is 2. The summed E-state index contributed by atoms with van der Waals surface area (Å²) < 4.78 is 19.9. The Labute approximate surface area is 122 Å². The molecular formula is C15H21BrFNO. The summed E-state index contributed by atoms with van der Waals surface area (Å²) in [5, 5.41) is 3.52. The lowest BCUT2D eigenvalue weighted by Crippen LogP contribution is -2.33. The van der Waals surface area contributed by atoms with Crippen molar-refractivity contribution in [2.75, 3.05) is 13.2 Å². The molecule has 1 aliphatic heterocycles. The van der Waals surface area contributed by atoms with Gasteiger partial charge in [0.05, 0.1) is 6.61 Å². The fraction of sp³-hybridized carbons (Fsp3) is 0.600. The molecule has 0 saturated carbocycles. The van der Waals surface area contributed by atoms with Crippen LogP contribution in [0.4, 0.5) is 4.39 Å². The third-order valence-electron chi connectivity index (χ3n) is 3.52. The zero-order chi connectivity index (χ0) is 13.5. The van der Waals surface area contributed by atoms with Crippen molar-refractivity contribution < 1.29 is 9.13 Å². The lowest BCUT2D eigenvalue weighted by Gasteiger charge is -2.23. The molecule has 106 valence electrons. The van der Waals surface area contributed by atoms with Gasteiger partial charge < -0.3 is 10.1 Å². The lowest BCUT2D eigenvalue weighted by molar-refractivity contribution is 0.112. The van der Waals surface area contributed by atoms with Gasteiger partial charge in [-0.3, -0.25) is 0 Å². The molecule has 0 aliphatic carbocycles. The van der Waals surface area contributed by atoms with Crippen LogP contribution in [0.25, 0.3) is 0 Å². The molecule has 4 heteroatoms. The number of benzene rings is 1. The molecule has 0 radical (unpaired) electrons. The molecule has 1 N–H and O–H groups in total. The highest BCUT2D eigenvalue weighted by atomic mass is 79.9. The summed E-state index contributed by atoms with van der Waals surface area (Å²) >= 11 is 3.34. The van der Waals surface area contributed by atoms with Crippen molar-refractivity contribution in [3.05, 3.63) is 34.1 Å². The average molecular weight is 330 g/mol. The van der Waals surface area contributed by atoms with Gasteiger partial charge in [0.2, 0.25) is 0 Å². The summed E-state index contributed by atoms with van der Waals surface area (Å²) in [4.78, 5) is 0. The number of piperidine rings is 1. The van der Waals surface area contributed by atoms with Crippen LogP contribution in [0.2, 0.25) is 0 Å². The van der Waals surface area contributed by atoms with E-state index in [1.165, 1.54) is 25.3 Å². The van der Waals surface area contributed by atoms with E-state index in [4.69, 9.17) is 4.74 Å². The van der Waals surface area contributed by atoms with Gasteiger partial charge in [-0.15, -0.1) is 0 Å². The molecule has 0 aromatic heterocycles. The lowest BCUT2D eigenvalue weighted by atomic mass is 10.0. The van der Waals surface area contributed by atoms with Crippen molar-refractivity contribution in [1.82, 2.24) is 5.32 Å². The summed E-state index contributed by atoms with van der Waals surface area (Å²) in [5.74, 6) is -0.197. The quantitative estimate of drug-likeness (QED) is 0.795. The Bertz CT molecular complexity index is 394. The molecule has 1 heterocycles. The summed E-state index contributed by atoms with van der Waals surface area (Å²) in [5.41, 5.74) is 0.616. The maximum absolute atomic E-state index is 13.5. The molecule has 1 fully saturated rings. The van der Waals surface area contributed by atoms with Crippen molar-refractivity contribution >= 4 is 15.9 Å². The van der Waals surface area contributed by atoms with Crippen LogP contribution in [0.1, 0.15) is 37.7 Å². The maximum Gasteiger partial charge on any atom is 0.128 e. The van der Waals surface area contributed by atoms with Crippen LogP contribution >= 0.6 is 15.9 Å². The Morgan fingerprint density at radius 3 is 3.05 bits per heavy atom. The smallest absolute Gasteiger partial charge is 0.128 e. The molecule has 2 nitrogen and oxygen atoms in total. The Hall–Kier alpha value is -0.450. The molecule has 0 amide bonds. The molecule has 1 aromatic carbocycles. The second-order valence-electron chi connectivity index (χ2n) is 5.08. The van der Waals surface area contributed by atoms with Crippen LogP contribution in [0, 0.1) is 5.82 Å². The molecule has 2 rings (SSSR count). The van der Waals surface area contributed by atoms with E-state index in [-0.39, 0.29) is 5.82 Å². The van der Waals surface area contributed by atoms with E-state index in [2.05, 4.69) is 21.2 Å². The average Bonchev–Trinajstić information content (AvgIpc) is 2.43. The number of nitrogens with one attached hydrogen (secondary N) is 1. The van der Waals surface area contributed by atoms with Gasteiger partial charge in [0.1, 0.15) is 5.82 Å². The van der Waals surface area contributed by atoms with Crippen LogP contribution in [-0.2, 0) is 11.3 Å². The van der Waals surface area contributed by atoms with E-state index in [1.807, 2.05) is 0 Å². The third kappa shape index (κ3) is 5.21. The summed E-state index contributed by atoms with van der Waals surface area (Å²) in [7, 11) is 0. The minimum atomic E-state index is -0.197. The molecule has 1 atom stereocenters. The van der Waals surface area contributed by atoms with Crippen molar-refractivity contribution in [3.8, 4) is 0 Å². The molecule has 0 spiro atoms. The van der Waals surface area contributed by atoms with Crippen LogP contribution in [0.15, 0.2) is 22.7 Å². The van der Waals surface area contributed by atoms with Gasteiger partial charge in [-0.25, -0.2) is 4.39 Å². The van der Waals surface area contributed by atoms with Crippen LogP contribution in [0.3, 0.4) is 0 Å². The Morgan fingerprint density at radius 2 is 2.26 bits per heavy atom. The number of ether oxygens (including phenoxy) is 1. The predicted octanol–water partition coefficient (Wildman–Crippen LogP) is 4.03. The normalized spacial score (nSPS) is 19.6. The van der Waals surface area contributed by atoms with Gasteiger partial charge in [0.15, 0.2) is 0 Å². The highest BCUT2D eigenvalue weighted by molar-refractivity contribution is 9.10. The fourth-order valence-corrected chi connectivity index (χ4v) is 2.85. The van der Waals surface area contributed by atoms with Crippen molar-refractivity contribution in [3.63, 3.8) is 0 Å². The summed E-state index contributed by atoms with van der Waals surface area (Å²) in [6.07, 6.45) is 6.10. The van der Waals surface area contributed by atoms with E-state index < -0.39 is 0 Å². The van der Waals surface area contributed by atoms with Gasteiger partial charge in [0.25, 0.3) is 0 Å². The van der Waals surface area contributed by atoms with Gasteiger partial charge in [-0.05, 0) is 50.4 Å². The van der Waals surface area contributed by atoms with E-state index in [1.54, 1.807) is 12.1 Å². The van der Waals surface area contributed by atoms with E-state index in [9.17, 15) is 4.39 Å². The SMILES string of the molecule is Fc1ccc(Br)cc1COCCCC1CCCCN1.